The first-order chi connectivity index (χ1) is 11.6. The highest BCUT2D eigenvalue weighted by molar-refractivity contribution is 7.80. The molecule has 3 N–H and O–H groups in total. The number of ether oxygens (including phenoxy) is 1. The molecular weight excluding hydrogens is 331 g/mol. The number of nitrogens with one attached hydrogen (secondary N) is 3. The molecule has 8 heteroatoms. The maximum absolute atomic E-state index is 13.4. The van der Waals surface area contributed by atoms with E-state index >= 15 is 0 Å². The Balaban J connectivity index is 1.73. The van der Waals surface area contributed by atoms with Crippen LogP contribution < -0.4 is 20.8 Å². The molecule has 0 bridgehead atoms. The van der Waals surface area contributed by atoms with Crippen LogP contribution in [0.2, 0.25) is 0 Å². The van der Waals surface area contributed by atoms with Gasteiger partial charge >= 0.3 is 0 Å². The fourth-order valence-corrected chi connectivity index (χ4v) is 2.37. The molecule has 0 saturated carbocycles. The minimum absolute atomic E-state index is 0.0688. The lowest BCUT2D eigenvalue weighted by Crippen LogP contribution is -2.27. The molecule has 1 heterocycles. The fraction of sp³-hybridized carbons (Fsp3) is 0.0625. The molecule has 0 atom stereocenters. The zero-order chi connectivity index (χ0) is 17.1. The first-order valence-electron chi connectivity index (χ1n) is 6.97. The van der Waals surface area contributed by atoms with Crippen molar-refractivity contribution in [3.05, 3.63) is 53.8 Å². The van der Waals surface area contributed by atoms with Crippen LogP contribution in [0, 0.1) is 5.82 Å². The van der Waals surface area contributed by atoms with Gasteiger partial charge in [0.2, 0.25) is 0 Å². The molecule has 1 amide bonds. The summed E-state index contributed by atoms with van der Waals surface area (Å²) in [4.78, 5) is 11.9. The zero-order valence-electron chi connectivity index (χ0n) is 12.6. The Morgan fingerprint density at radius 3 is 2.92 bits per heavy atom. The number of hydrazone groups is 1. The number of methoxy groups -OCH3 is 1. The van der Waals surface area contributed by atoms with Crippen molar-refractivity contribution >= 4 is 40.3 Å². The van der Waals surface area contributed by atoms with Gasteiger partial charge in [-0.15, -0.1) is 0 Å². The second-order valence-electron chi connectivity index (χ2n) is 4.90. The lowest BCUT2D eigenvalue weighted by molar-refractivity contribution is -0.110. The maximum Gasteiger partial charge on any atom is 0.276 e. The third-order valence-corrected chi connectivity index (χ3v) is 3.49. The average molecular weight is 344 g/mol. The number of nitrogens with zero attached hydrogens (tertiary/aromatic N) is 1. The Bertz CT molecular complexity index is 854. The molecule has 1 aliphatic rings. The third kappa shape index (κ3) is 3.33. The number of amides is 1. The Labute approximate surface area is 142 Å². The molecule has 0 aliphatic carbocycles. The molecular formula is C16H13FN4O2S. The summed E-state index contributed by atoms with van der Waals surface area (Å²) >= 11 is 5.14. The summed E-state index contributed by atoms with van der Waals surface area (Å²) in [5.41, 5.74) is 4.25. The predicted octanol–water partition coefficient (Wildman–Crippen LogP) is 2.48. The van der Waals surface area contributed by atoms with Crippen molar-refractivity contribution in [3.8, 4) is 5.75 Å². The molecule has 122 valence electrons. The van der Waals surface area contributed by atoms with Crippen LogP contribution in [0.4, 0.5) is 15.8 Å². The van der Waals surface area contributed by atoms with Crippen LogP contribution in [0.3, 0.4) is 0 Å². The number of thiocarbonyl (C=S) groups is 1. The van der Waals surface area contributed by atoms with E-state index in [2.05, 4.69) is 21.2 Å². The van der Waals surface area contributed by atoms with Gasteiger partial charge in [-0.2, -0.15) is 5.10 Å². The zero-order valence-corrected chi connectivity index (χ0v) is 13.4. The highest BCUT2D eigenvalue weighted by Gasteiger charge is 2.26. The average Bonchev–Trinajstić information content (AvgIpc) is 2.88. The maximum atomic E-state index is 13.4. The van der Waals surface area contributed by atoms with Crippen LogP contribution in [0.25, 0.3) is 0 Å². The third-order valence-electron chi connectivity index (χ3n) is 3.30. The van der Waals surface area contributed by atoms with Gasteiger partial charge in [-0.3, -0.25) is 10.2 Å². The quantitative estimate of drug-likeness (QED) is 0.589. The molecule has 0 saturated heterocycles. The van der Waals surface area contributed by atoms with E-state index in [9.17, 15) is 9.18 Å². The first kappa shape index (κ1) is 15.9. The van der Waals surface area contributed by atoms with Crippen molar-refractivity contribution in [1.82, 2.24) is 5.43 Å². The Morgan fingerprint density at radius 1 is 1.29 bits per heavy atom. The summed E-state index contributed by atoms with van der Waals surface area (Å²) in [6.07, 6.45) is 0. The second kappa shape index (κ2) is 6.63. The van der Waals surface area contributed by atoms with Crippen LogP contribution in [-0.2, 0) is 4.79 Å². The number of anilines is 2. The standard InChI is InChI=1S/C16H13FN4O2S/c1-23-11-4-2-3-10(8-11)18-16(24)21-20-14-12-7-9(17)5-6-13(12)19-15(14)22/h2-8H,1H3,(H2,18,21,24)(H,19,20,22). The van der Waals surface area contributed by atoms with Gasteiger partial charge in [0.25, 0.3) is 5.91 Å². The number of fused-ring (bicyclic) bond motifs is 1. The van der Waals surface area contributed by atoms with Gasteiger partial charge in [-0.05, 0) is 42.5 Å². The van der Waals surface area contributed by atoms with Crippen LogP contribution in [-0.4, -0.2) is 23.8 Å². The number of benzene rings is 2. The van der Waals surface area contributed by atoms with Crippen molar-refractivity contribution in [2.75, 3.05) is 17.7 Å². The number of rotatable bonds is 3. The van der Waals surface area contributed by atoms with E-state index in [1.54, 1.807) is 31.4 Å². The van der Waals surface area contributed by atoms with Crippen molar-refractivity contribution in [2.24, 2.45) is 5.10 Å². The normalized spacial score (nSPS) is 14.1. The number of hydrogen-bond donors (Lipinski definition) is 3. The summed E-state index contributed by atoms with van der Waals surface area (Å²) in [7, 11) is 1.57. The Hall–Kier alpha value is -3.00. The molecule has 6 nitrogen and oxygen atoms in total. The van der Waals surface area contributed by atoms with Crippen molar-refractivity contribution in [3.63, 3.8) is 0 Å². The summed E-state index contributed by atoms with van der Waals surface area (Å²) in [6.45, 7) is 0. The first-order valence-corrected chi connectivity index (χ1v) is 7.37. The summed E-state index contributed by atoms with van der Waals surface area (Å²) in [6, 6.07) is 11.2. The minimum Gasteiger partial charge on any atom is -0.497 e. The van der Waals surface area contributed by atoms with Gasteiger partial charge in [0.05, 0.1) is 12.8 Å². The molecule has 24 heavy (non-hydrogen) atoms. The van der Waals surface area contributed by atoms with Crippen molar-refractivity contribution in [2.45, 2.75) is 0 Å². The molecule has 0 aromatic heterocycles. The molecule has 2 aromatic carbocycles. The largest absolute Gasteiger partial charge is 0.497 e. The molecule has 0 unspecified atom stereocenters. The number of halogens is 1. The van der Waals surface area contributed by atoms with Gasteiger partial charge in [-0.1, -0.05) is 6.07 Å². The lowest BCUT2D eigenvalue weighted by Gasteiger charge is -2.08. The van der Waals surface area contributed by atoms with E-state index in [-0.39, 0.29) is 10.8 Å². The highest BCUT2D eigenvalue weighted by atomic mass is 32.1. The summed E-state index contributed by atoms with van der Waals surface area (Å²) in [5.74, 6) is -0.198. The topological polar surface area (TPSA) is 74.8 Å². The van der Waals surface area contributed by atoms with E-state index in [0.29, 0.717) is 22.7 Å². The Kier molecular flexibility index (Phi) is 4.39. The Morgan fingerprint density at radius 2 is 2.12 bits per heavy atom. The van der Waals surface area contributed by atoms with Gasteiger partial charge in [-0.25, -0.2) is 4.39 Å². The van der Waals surface area contributed by atoms with Crippen molar-refractivity contribution < 1.29 is 13.9 Å². The van der Waals surface area contributed by atoms with Crippen LogP contribution >= 0.6 is 12.2 Å². The SMILES string of the molecule is COc1cccc(NC(=S)N/N=C2\C(=O)Nc3ccc(F)cc32)c1. The van der Waals surface area contributed by atoms with E-state index in [0.717, 1.165) is 0 Å². The molecule has 0 fully saturated rings. The molecule has 0 spiro atoms. The number of carbonyl (C=O) groups is 1. The van der Waals surface area contributed by atoms with E-state index in [4.69, 9.17) is 17.0 Å². The van der Waals surface area contributed by atoms with E-state index in [1.807, 2.05) is 0 Å². The van der Waals surface area contributed by atoms with E-state index < -0.39 is 11.7 Å². The van der Waals surface area contributed by atoms with Gasteiger partial charge in [0.15, 0.2) is 10.8 Å². The smallest absolute Gasteiger partial charge is 0.276 e. The van der Waals surface area contributed by atoms with E-state index in [1.165, 1.54) is 18.2 Å². The molecule has 3 rings (SSSR count). The number of carbonyl (C=O) groups excluding carboxylic acids is 1. The fourth-order valence-electron chi connectivity index (χ4n) is 2.20. The monoisotopic (exact) mass is 344 g/mol. The van der Waals surface area contributed by atoms with Crippen LogP contribution in [0.15, 0.2) is 47.6 Å². The van der Waals surface area contributed by atoms with Gasteiger partial charge in [0, 0.05) is 17.3 Å². The second-order valence-corrected chi connectivity index (χ2v) is 5.31. The lowest BCUT2D eigenvalue weighted by atomic mass is 10.1. The highest BCUT2D eigenvalue weighted by Crippen LogP contribution is 2.24. The number of hydrogen-bond acceptors (Lipinski definition) is 4. The summed E-state index contributed by atoms with van der Waals surface area (Å²) < 4.78 is 18.5. The molecule has 1 aliphatic heterocycles. The van der Waals surface area contributed by atoms with Crippen molar-refractivity contribution in [1.29, 1.82) is 0 Å². The van der Waals surface area contributed by atoms with Crippen LogP contribution in [0.5, 0.6) is 5.75 Å². The predicted molar refractivity (Wildman–Crippen MR) is 93.9 cm³/mol. The van der Waals surface area contributed by atoms with Gasteiger partial charge < -0.3 is 15.4 Å². The van der Waals surface area contributed by atoms with Crippen LogP contribution in [0.1, 0.15) is 5.56 Å². The summed E-state index contributed by atoms with van der Waals surface area (Å²) in [5, 5.41) is 9.69. The molecule has 0 radical (unpaired) electrons. The minimum atomic E-state index is -0.449. The van der Waals surface area contributed by atoms with Gasteiger partial charge in [0.1, 0.15) is 11.6 Å². The molecule has 2 aromatic rings.